The quantitative estimate of drug-likeness (QED) is 0.738. The number of hydrogen-bond donors (Lipinski definition) is 0. The van der Waals surface area contributed by atoms with Crippen molar-refractivity contribution in [3.63, 3.8) is 0 Å². The van der Waals surface area contributed by atoms with Gasteiger partial charge in [0.15, 0.2) is 17.3 Å². The molecule has 8 heteroatoms. The van der Waals surface area contributed by atoms with Crippen molar-refractivity contribution in [1.29, 1.82) is 0 Å². The van der Waals surface area contributed by atoms with E-state index in [0.717, 1.165) is 61.9 Å². The van der Waals surface area contributed by atoms with Gasteiger partial charge in [0.05, 0.1) is 26.3 Å². The van der Waals surface area contributed by atoms with Gasteiger partial charge in [-0.05, 0) is 48.0 Å². The summed E-state index contributed by atoms with van der Waals surface area (Å²) < 4.78 is 13.1. The summed E-state index contributed by atoms with van der Waals surface area (Å²) in [4.78, 5) is 4.86. The zero-order valence-electron chi connectivity index (χ0n) is 17.8. The highest BCUT2D eigenvalue weighted by Gasteiger charge is 2.32. The van der Waals surface area contributed by atoms with Crippen LogP contribution in [0.3, 0.4) is 0 Å². The first kappa shape index (κ1) is 20.1. The fourth-order valence-electron chi connectivity index (χ4n) is 4.59. The second-order valence-electron chi connectivity index (χ2n) is 8.13. The van der Waals surface area contributed by atoms with Gasteiger partial charge in [-0.25, -0.2) is 4.68 Å². The molecule has 2 fully saturated rings. The Labute approximate surface area is 172 Å². The number of ether oxygens (including phenoxy) is 2. The third-order valence-electron chi connectivity index (χ3n) is 6.31. The fraction of sp³-hybridized carbons (Fsp3) is 0.667. The van der Waals surface area contributed by atoms with E-state index in [-0.39, 0.29) is 6.04 Å². The van der Waals surface area contributed by atoms with Crippen LogP contribution in [-0.4, -0.2) is 77.5 Å². The van der Waals surface area contributed by atoms with Crippen LogP contribution in [0.15, 0.2) is 18.2 Å². The van der Waals surface area contributed by atoms with Gasteiger partial charge in [0.25, 0.3) is 0 Å². The predicted octanol–water partition coefficient (Wildman–Crippen LogP) is 2.53. The van der Waals surface area contributed by atoms with Crippen LogP contribution in [0.2, 0.25) is 0 Å². The Morgan fingerprint density at radius 3 is 2.38 bits per heavy atom. The number of tetrazole rings is 1. The zero-order chi connectivity index (χ0) is 20.2. The molecule has 2 heterocycles. The maximum Gasteiger partial charge on any atom is 0.173 e. The van der Waals surface area contributed by atoms with E-state index >= 15 is 0 Å². The summed E-state index contributed by atoms with van der Waals surface area (Å²) in [6.45, 7) is 4.03. The molecule has 4 rings (SSSR count). The largest absolute Gasteiger partial charge is 0.493 e. The number of rotatable bonds is 6. The van der Waals surface area contributed by atoms with Crippen LogP contribution in [0.1, 0.15) is 55.6 Å². The molecule has 29 heavy (non-hydrogen) atoms. The SMILES string of the molecule is COc1ccc([C@H](c2nnnn2C2CCCCC2)N2CCN(C)CC2)cc1OC. The molecule has 8 nitrogen and oxygen atoms in total. The van der Waals surface area contributed by atoms with E-state index < -0.39 is 0 Å². The average molecular weight is 401 g/mol. The van der Waals surface area contributed by atoms with Crippen LogP contribution >= 0.6 is 0 Å². The van der Waals surface area contributed by atoms with Gasteiger partial charge >= 0.3 is 0 Å². The van der Waals surface area contributed by atoms with Crippen LogP contribution in [0.25, 0.3) is 0 Å². The second kappa shape index (κ2) is 9.09. The Bertz CT molecular complexity index is 796. The van der Waals surface area contributed by atoms with Gasteiger partial charge in [-0.15, -0.1) is 5.10 Å². The molecule has 0 unspecified atom stereocenters. The molecule has 1 aliphatic carbocycles. The topological polar surface area (TPSA) is 68.5 Å². The van der Waals surface area contributed by atoms with Gasteiger partial charge in [0, 0.05) is 26.2 Å². The second-order valence-corrected chi connectivity index (χ2v) is 8.13. The monoisotopic (exact) mass is 400 g/mol. The van der Waals surface area contributed by atoms with Gasteiger partial charge in [0.2, 0.25) is 0 Å². The summed E-state index contributed by atoms with van der Waals surface area (Å²) in [5.41, 5.74) is 1.14. The van der Waals surface area contributed by atoms with Crippen molar-refractivity contribution in [2.75, 3.05) is 47.4 Å². The maximum absolute atomic E-state index is 5.59. The average Bonchev–Trinajstić information content (AvgIpc) is 3.25. The predicted molar refractivity (Wildman–Crippen MR) is 110 cm³/mol. The first-order chi connectivity index (χ1) is 14.2. The van der Waals surface area contributed by atoms with Gasteiger partial charge in [-0.3, -0.25) is 4.90 Å². The third kappa shape index (κ3) is 4.23. The normalized spacial score (nSPS) is 20.5. The number of benzene rings is 1. The third-order valence-corrected chi connectivity index (χ3v) is 6.31. The minimum absolute atomic E-state index is 0.000401. The molecule has 2 aliphatic rings. The first-order valence-electron chi connectivity index (χ1n) is 10.6. The van der Waals surface area contributed by atoms with Gasteiger partial charge in [0.1, 0.15) is 0 Å². The molecule has 0 radical (unpaired) electrons. The molecular weight excluding hydrogens is 368 g/mol. The lowest BCUT2D eigenvalue weighted by atomic mass is 9.95. The molecule has 0 spiro atoms. The van der Waals surface area contributed by atoms with E-state index in [4.69, 9.17) is 9.47 Å². The highest BCUT2D eigenvalue weighted by Crippen LogP contribution is 2.37. The van der Waals surface area contributed by atoms with Crippen molar-refractivity contribution in [1.82, 2.24) is 30.0 Å². The Morgan fingerprint density at radius 1 is 0.966 bits per heavy atom. The number of aromatic nitrogens is 4. The Hall–Kier alpha value is -2.19. The molecule has 1 aliphatic heterocycles. The first-order valence-corrected chi connectivity index (χ1v) is 10.6. The summed E-state index contributed by atoms with van der Waals surface area (Å²) in [5, 5.41) is 13.1. The lowest BCUT2D eigenvalue weighted by molar-refractivity contribution is 0.119. The number of hydrogen-bond acceptors (Lipinski definition) is 7. The Balaban J connectivity index is 1.73. The van der Waals surface area contributed by atoms with E-state index in [1.807, 2.05) is 6.07 Å². The summed E-state index contributed by atoms with van der Waals surface area (Å²) in [5.74, 6) is 2.41. The van der Waals surface area contributed by atoms with Crippen LogP contribution in [-0.2, 0) is 0 Å². The van der Waals surface area contributed by atoms with Crippen LogP contribution in [0, 0.1) is 0 Å². The highest BCUT2D eigenvalue weighted by atomic mass is 16.5. The van der Waals surface area contributed by atoms with Crippen LogP contribution < -0.4 is 9.47 Å². The van der Waals surface area contributed by atoms with E-state index in [0.29, 0.717) is 6.04 Å². The van der Waals surface area contributed by atoms with Crippen molar-refractivity contribution < 1.29 is 9.47 Å². The molecule has 2 aromatic rings. The van der Waals surface area contributed by atoms with Crippen molar-refractivity contribution >= 4 is 0 Å². The fourth-order valence-corrected chi connectivity index (χ4v) is 4.59. The minimum Gasteiger partial charge on any atom is -0.493 e. The molecule has 158 valence electrons. The van der Waals surface area contributed by atoms with E-state index in [1.165, 1.54) is 19.3 Å². The van der Waals surface area contributed by atoms with Crippen molar-refractivity contribution in [3.05, 3.63) is 29.6 Å². The van der Waals surface area contributed by atoms with Crippen molar-refractivity contribution in [3.8, 4) is 11.5 Å². The minimum atomic E-state index is 0.000401. The summed E-state index contributed by atoms with van der Waals surface area (Å²) >= 11 is 0. The number of likely N-dealkylation sites (N-methyl/N-ethyl adjacent to an activating group) is 1. The number of methoxy groups -OCH3 is 2. The Kier molecular flexibility index (Phi) is 6.30. The standard InChI is InChI=1S/C21H32N6O2/c1-25-11-13-26(14-12-25)20(16-9-10-18(28-2)19(15-16)29-3)21-22-23-24-27(21)17-7-5-4-6-8-17/h9-10,15,17,20H,4-8,11-14H2,1-3H3/t20-/m1/s1. The maximum atomic E-state index is 5.59. The molecule has 0 amide bonds. The molecule has 0 N–H and O–H groups in total. The van der Waals surface area contributed by atoms with Gasteiger partial charge in [-0.1, -0.05) is 25.3 Å². The molecule has 1 aromatic heterocycles. The smallest absolute Gasteiger partial charge is 0.173 e. The van der Waals surface area contributed by atoms with Gasteiger partial charge < -0.3 is 14.4 Å². The van der Waals surface area contributed by atoms with E-state index in [1.54, 1.807) is 14.2 Å². The Morgan fingerprint density at radius 2 is 1.69 bits per heavy atom. The summed E-state index contributed by atoms with van der Waals surface area (Å²) in [6.07, 6.45) is 6.11. The molecule has 0 bridgehead atoms. The number of nitrogens with zero attached hydrogens (tertiary/aromatic N) is 6. The van der Waals surface area contributed by atoms with E-state index in [2.05, 4.69) is 49.2 Å². The molecule has 1 aromatic carbocycles. The van der Waals surface area contributed by atoms with Crippen LogP contribution in [0.5, 0.6) is 11.5 Å². The van der Waals surface area contributed by atoms with Gasteiger partial charge in [-0.2, -0.15) is 0 Å². The summed E-state index contributed by atoms with van der Waals surface area (Å²) in [6, 6.07) is 6.56. The zero-order valence-corrected chi connectivity index (χ0v) is 17.8. The summed E-state index contributed by atoms with van der Waals surface area (Å²) in [7, 11) is 5.52. The molecular formula is C21H32N6O2. The van der Waals surface area contributed by atoms with Crippen LogP contribution in [0.4, 0.5) is 0 Å². The molecule has 1 saturated carbocycles. The van der Waals surface area contributed by atoms with E-state index in [9.17, 15) is 0 Å². The molecule has 1 atom stereocenters. The lowest BCUT2D eigenvalue weighted by Gasteiger charge is -2.38. The van der Waals surface area contributed by atoms with Crippen molar-refractivity contribution in [2.45, 2.75) is 44.2 Å². The van der Waals surface area contributed by atoms with Crippen molar-refractivity contribution in [2.24, 2.45) is 0 Å². The lowest BCUT2D eigenvalue weighted by Crippen LogP contribution is -2.46. The highest BCUT2D eigenvalue weighted by molar-refractivity contribution is 5.45. The molecule has 1 saturated heterocycles. The number of piperazine rings is 1.